The van der Waals surface area contributed by atoms with Crippen LogP contribution in [0.4, 0.5) is 5.69 Å². The number of rotatable bonds is 11. The summed E-state index contributed by atoms with van der Waals surface area (Å²) in [6.07, 6.45) is 3.98. The highest BCUT2D eigenvalue weighted by Gasteiger charge is 2.20. The van der Waals surface area contributed by atoms with Crippen molar-refractivity contribution in [2.45, 2.75) is 53.4 Å². The number of carbonyl (C=O) groups is 2. The van der Waals surface area contributed by atoms with Crippen LogP contribution in [0.1, 0.15) is 63.0 Å². The summed E-state index contributed by atoms with van der Waals surface area (Å²) in [5, 5.41) is 9.30. The molecule has 0 saturated carbocycles. The van der Waals surface area contributed by atoms with Gasteiger partial charge < -0.3 is 20.1 Å². The second kappa shape index (κ2) is 11.2. The zero-order valence-electron chi connectivity index (χ0n) is 20.6. The molecule has 0 unspecified atom stereocenters. The van der Waals surface area contributed by atoms with E-state index in [0.29, 0.717) is 53.9 Å². The molecule has 0 atom stereocenters. The Morgan fingerprint density at radius 2 is 1.62 bits per heavy atom. The number of anilines is 1. The number of aryl methyl sites for hydroxylation is 1. The molecular weight excluding hydrogens is 428 g/mol. The molecule has 0 saturated heterocycles. The Morgan fingerprint density at radius 1 is 1.00 bits per heavy atom. The average molecular weight is 465 g/mol. The summed E-state index contributed by atoms with van der Waals surface area (Å²) in [6, 6.07) is 11.0. The van der Waals surface area contributed by atoms with E-state index in [4.69, 9.17) is 10.7 Å². The van der Waals surface area contributed by atoms with Crippen molar-refractivity contribution in [1.29, 1.82) is 0 Å². The summed E-state index contributed by atoms with van der Waals surface area (Å²) < 4.78 is 1.87. The predicted octanol–water partition coefficient (Wildman–Crippen LogP) is 5.14. The van der Waals surface area contributed by atoms with E-state index in [-0.39, 0.29) is 12.3 Å². The van der Waals surface area contributed by atoms with Gasteiger partial charge in [-0.25, -0.2) is 4.98 Å². The van der Waals surface area contributed by atoms with E-state index in [1.807, 2.05) is 33.6 Å². The van der Waals surface area contributed by atoms with Crippen molar-refractivity contribution in [3.63, 3.8) is 0 Å². The van der Waals surface area contributed by atoms with Crippen LogP contribution in [-0.2, 0) is 11.2 Å². The van der Waals surface area contributed by atoms with Crippen molar-refractivity contribution in [2.24, 2.45) is 11.8 Å². The lowest BCUT2D eigenvalue weighted by atomic mass is 10.1. The maximum atomic E-state index is 13.5. The molecule has 34 heavy (non-hydrogen) atoms. The molecule has 182 valence electrons. The first-order chi connectivity index (χ1) is 16.2. The molecule has 2 aromatic heterocycles. The molecule has 7 nitrogen and oxygen atoms in total. The monoisotopic (exact) mass is 464 g/mol. The molecule has 1 amide bonds. The number of aliphatic carboxylic acids is 1. The quantitative estimate of drug-likeness (QED) is 0.383. The highest BCUT2D eigenvalue weighted by molar-refractivity contribution is 5.94. The number of fused-ring (bicyclic) bond motifs is 1. The molecule has 7 heteroatoms. The number of hydrogen-bond acceptors (Lipinski definition) is 4. The number of nitrogens with zero attached hydrogens (tertiary/aromatic N) is 3. The van der Waals surface area contributed by atoms with Gasteiger partial charge in [0, 0.05) is 37.0 Å². The number of imidazole rings is 1. The van der Waals surface area contributed by atoms with Gasteiger partial charge in [-0.05, 0) is 48.9 Å². The van der Waals surface area contributed by atoms with Crippen molar-refractivity contribution in [1.82, 2.24) is 14.3 Å². The minimum absolute atomic E-state index is 0.00452. The number of hydrogen-bond donors (Lipinski definition) is 2. The van der Waals surface area contributed by atoms with Gasteiger partial charge in [0.25, 0.3) is 5.91 Å². The highest BCUT2D eigenvalue weighted by Crippen LogP contribution is 2.27. The van der Waals surface area contributed by atoms with Gasteiger partial charge in [-0.2, -0.15) is 0 Å². The predicted molar refractivity (Wildman–Crippen MR) is 136 cm³/mol. The van der Waals surface area contributed by atoms with E-state index in [2.05, 4.69) is 27.7 Å². The molecule has 0 aliphatic rings. The van der Waals surface area contributed by atoms with Crippen LogP contribution < -0.4 is 5.73 Å². The first-order valence-corrected chi connectivity index (χ1v) is 12.0. The first-order valence-electron chi connectivity index (χ1n) is 12.0. The fourth-order valence-electron chi connectivity index (χ4n) is 3.88. The number of pyridine rings is 1. The van der Waals surface area contributed by atoms with Crippen molar-refractivity contribution in [2.75, 3.05) is 18.8 Å². The third-order valence-corrected chi connectivity index (χ3v) is 5.96. The van der Waals surface area contributed by atoms with E-state index in [0.717, 1.165) is 24.1 Å². The standard InChI is InChI=1S/C27H36N4O3/c1-18(2)13-15-30(16-14-19(3)4)27(34)21-7-11-24-29-26(20-5-8-22(28)9-6-20)23(31(24)17-21)10-12-25(32)33/h5-9,11,17-19H,10,12-16,28H2,1-4H3,(H,32,33). The molecular formula is C27H36N4O3. The summed E-state index contributed by atoms with van der Waals surface area (Å²) in [7, 11) is 0. The van der Waals surface area contributed by atoms with Crippen LogP contribution in [0.25, 0.3) is 16.9 Å². The minimum atomic E-state index is -0.876. The number of carboxylic acids is 1. The topological polar surface area (TPSA) is 101 Å². The van der Waals surface area contributed by atoms with Crippen molar-refractivity contribution >= 4 is 23.2 Å². The van der Waals surface area contributed by atoms with E-state index < -0.39 is 5.97 Å². The number of aromatic nitrogens is 2. The third-order valence-electron chi connectivity index (χ3n) is 5.96. The van der Waals surface area contributed by atoms with Crippen LogP contribution in [-0.4, -0.2) is 44.4 Å². The van der Waals surface area contributed by atoms with E-state index in [1.165, 1.54) is 0 Å². The van der Waals surface area contributed by atoms with E-state index >= 15 is 0 Å². The van der Waals surface area contributed by atoms with Crippen LogP contribution in [0.5, 0.6) is 0 Å². The smallest absolute Gasteiger partial charge is 0.303 e. The van der Waals surface area contributed by atoms with Gasteiger partial charge in [0.15, 0.2) is 0 Å². The number of carbonyl (C=O) groups excluding carboxylic acids is 1. The zero-order chi connectivity index (χ0) is 24.8. The Morgan fingerprint density at radius 3 is 2.18 bits per heavy atom. The lowest BCUT2D eigenvalue weighted by molar-refractivity contribution is -0.136. The summed E-state index contributed by atoms with van der Waals surface area (Å²) in [6.45, 7) is 10.1. The summed E-state index contributed by atoms with van der Waals surface area (Å²) >= 11 is 0. The molecule has 3 N–H and O–H groups in total. The summed E-state index contributed by atoms with van der Waals surface area (Å²) in [5.41, 5.74) is 10.1. The van der Waals surface area contributed by atoms with E-state index in [1.54, 1.807) is 18.3 Å². The minimum Gasteiger partial charge on any atom is -0.481 e. The Labute approximate surface area is 201 Å². The number of benzene rings is 1. The van der Waals surface area contributed by atoms with Gasteiger partial charge in [0.2, 0.25) is 0 Å². The first kappa shape index (κ1) is 25.3. The third kappa shape index (κ3) is 6.37. The number of nitrogen functional groups attached to an aromatic ring is 1. The Balaban J connectivity index is 2.01. The molecule has 3 aromatic rings. The lowest BCUT2D eigenvalue weighted by Gasteiger charge is -2.24. The fraction of sp³-hybridized carbons (Fsp3) is 0.444. The van der Waals surface area contributed by atoms with Crippen LogP contribution in [0, 0.1) is 11.8 Å². The Hall–Kier alpha value is -3.35. The molecule has 0 fully saturated rings. The molecule has 0 aliphatic carbocycles. The fourth-order valence-corrected chi connectivity index (χ4v) is 3.88. The Bertz CT molecular complexity index is 1120. The number of carboxylic acid groups (broad SMARTS) is 1. The van der Waals surface area contributed by atoms with Crippen LogP contribution in [0.3, 0.4) is 0 Å². The molecule has 0 bridgehead atoms. The second-order valence-electron chi connectivity index (χ2n) is 9.73. The van der Waals surface area contributed by atoms with Gasteiger partial charge in [0.05, 0.1) is 23.4 Å². The normalized spacial score (nSPS) is 11.5. The van der Waals surface area contributed by atoms with Crippen molar-refractivity contribution < 1.29 is 14.7 Å². The van der Waals surface area contributed by atoms with Crippen LogP contribution in [0.2, 0.25) is 0 Å². The maximum Gasteiger partial charge on any atom is 0.303 e. The largest absolute Gasteiger partial charge is 0.481 e. The van der Waals surface area contributed by atoms with E-state index in [9.17, 15) is 14.7 Å². The van der Waals surface area contributed by atoms with Gasteiger partial charge in [-0.15, -0.1) is 0 Å². The average Bonchev–Trinajstić information content (AvgIpc) is 3.15. The van der Waals surface area contributed by atoms with Crippen molar-refractivity contribution in [3.8, 4) is 11.3 Å². The molecule has 1 aromatic carbocycles. The lowest BCUT2D eigenvalue weighted by Crippen LogP contribution is -2.34. The zero-order valence-corrected chi connectivity index (χ0v) is 20.6. The van der Waals surface area contributed by atoms with Gasteiger partial charge >= 0.3 is 5.97 Å². The van der Waals surface area contributed by atoms with Gasteiger partial charge in [-0.1, -0.05) is 39.8 Å². The molecule has 3 rings (SSSR count). The van der Waals surface area contributed by atoms with Gasteiger partial charge in [-0.3, -0.25) is 9.59 Å². The number of nitrogens with two attached hydrogens (primary N) is 1. The molecule has 0 radical (unpaired) electrons. The van der Waals surface area contributed by atoms with Crippen molar-refractivity contribution in [3.05, 3.63) is 53.9 Å². The second-order valence-corrected chi connectivity index (χ2v) is 9.73. The Kier molecular flexibility index (Phi) is 8.31. The maximum absolute atomic E-state index is 13.5. The summed E-state index contributed by atoms with van der Waals surface area (Å²) in [4.78, 5) is 31.5. The van der Waals surface area contributed by atoms with Crippen LogP contribution >= 0.6 is 0 Å². The molecule has 0 spiro atoms. The molecule has 2 heterocycles. The summed E-state index contributed by atoms with van der Waals surface area (Å²) in [5.74, 6) is 0.139. The van der Waals surface area contributed by atoms with Crippen LogP contribution in [0.15, 0.2) is 42.6 Å². The SMILES string of the molecule is CC(C)CCN(CCC(C)C)C(=O)c1ccc2nc(-c3ccc(N)cc3)c(CCC(=O)O)n2c1. The number of amides is 1. The van der Waals surface area contributed by atoms with Gasteiger partial charge in [0.1, 0.15) is 5.65 Å². The highest BCUT2D eigenvalue weighted by atomic mass is 16.4. The molecule has 0 aliphatic heterocycles.